The normalized spacial score (nSPS) is 15.0. The maximum Gasteiger partial charge on any atom is 0.161 e. The van der Waals surface area contributed by atoms with Crippen molar-refractivity contribution in [3.8, 4) is 11.5 Å². The number of ether oxygens (including phenoxy) is 2. The van der Waals surface area contributed by atoms with Gasteiger partial charge < -0.3 is 15.2 Å². The van der Waals surface area contributed by atoms with Gasteiger partial charge in [-0.25, -0.2) is 9.97 Å². The first-order valence-corrected chi connectivity index (χ1v) is 6.25. The second-order valence-electron chi connectivity index (χ2n) is 4.30. The summed E-state index contributed by atoms with van der Waals surface area (Å²) >= 11 is 0. The Labute approximate surface area is 111 Å². The van der Waals surface area contributed by atoms with Crippen LogP contribution in [0.4, 0.5) is 0 Å². The Morgan fingerprint density at radius 2 is 1.84 bits per heavy atom. The van der Waals surface area contributed by atoms with Crippen molar-refractivity contribution in [2.24, 2.45) is 5.73 Å². The molecule has 2 N–H and O–H groups in total. The van der Waals surface area contributed by atoms with Gasteiger partial charge in [0.15, 0.2) is 11.5 Å². The third-order valence-electron chi connectivity index (χ3n) is 3.10. The SMILES string of the molecule is NCC(c1ccc2c(c1)OCCO2)c1ncccn1. The van der Waals surface area contributed by atoms with E-state index in [0.717, 1.165) is 22.9 Å². The summed E-state index contributed by atoms with van der Waals surface area (Å²) < 4.78 is 11.1. The van der Waals surface area contributed by atoms with Crippen molar-refractivity contribution in [3.05, 3.63) is 48.0 Å². The summed E-state index contributed by atoms with van der Waals surface area (Å²) in [6.07, 6.45) is 3.45. The van der Waals surface area contributed by atoms with E-state index in [1.165, 1.54) is 0 Å². The Bertz CT molecular complexity index is 560. The number of nitrogens with zero attached hydrogens (tertiary/aromatic N) is 2. The van der Waals surface area contributed by atoms with Crippen molar-refractivity contribution < 1.29 is 9.47 Å². The molecule has 1 unspecified atom stereocenters. The van der Waals surface area contributed by atoms with E-state index in [4.69, 9.17) is 15.2 Å². The van der Waals surface area contributed by atoms with Gasteiger partial charge in [0, 0.05) is 18.9 Å². The van der Waals surface area contributed by atoms with Gasteiger partial charge in [0.2, 0.25) is 0 Å². The molecule has 19 heavy (non-hydrogen) atoms. The summed E-state index contributed by atoms with van der Waals surface area (Å²) in [5.74, 6) is 2.23. The fourth-order valence-corrected chi connectivity index (χ4v) is 2.16. The first-order valence-electron chi connectivity index (χ1n) is 6.25. The fraction of sp³-hybridized carbons (Fsp3) is 0.286. The van der Waals surface area contributed by atoms with Gasteiger partial charge in [-0.05, 0) is 23.8 Å². The summed E-state index contributed by atoms with van der Waals surface area (Å²) in [5.41, 5.74) is 6.90. The molecule has 3 rings (SSSR count). The highest BCUT2D eigenvalue weighted by molar-refractivity contribution is 5.45. The Balaban J connectivity index is 1.96. The van der Waals surface area contributed by atoms with E-state index in [-0.39, 0.29) is 5.92 Å². The second kappa shape index (κ2) is 5.24. The molecule has 0 radical (unpaired) electrons. The number of nitrogens with two attached hydrogens (primary N) is 1. The summed E-state index contributed by atoms with van der Waals surface area (Å²) in [5, 5.41) is 0. The smallest absolute Gasteiger partial charge is 0.161 e. The number of rotatable bonds is 3. The van der Waals surface area contributed by atoms with Crippen molar-refractivity contribution in [2.45, 2.75) is 5.92 Å². The standard InChI is InChI=1S/C14H15N3O2/c15-9-11(14-16-4-1-5-17-14)10-2-3-12-13(8-10)19-7-6-18-12/h1-5,8,11H,6-7,9,15H2. The van der Waals surface area contributed by atoms with Gasteiger partial charge in [0.05, 0.1) is 5.92 Å². The van der Waals surface area contributed by atoms with Gasteiger partial charge in [0.25, 0.3) is 0 Å². The number of hydrogen-bond donors (Lipinski definition) is 1. The fourth-order valence-electron chi connectivity index (χ4n) is 2.16. The first kappa shape index (κ1) is 11.9. The lowest BCUT2D eigenvalue weighted by molar-refractivity contribution is 0.171. The Morgan fingerprint density at radius 1 is 1.11 bits per heavy atom. The van der Waals surface area contributed by atoms with Gasteiger partial charge in [-0.15, -0.1) is 0 Å². The van der Waals surface area contributed by atoms with Crippen LogP contribution >= 0.6 is 0 Å². The van der Waals surface area contributed by atoms with Gasteiger partial charge in [-0.3, -0.25) is 0 Å². The Hall–Kier alpha value is -2.14. The van der Waals surface area contributed by atoms with E-state index in [2.05, 4.69) is 9.97 Å². The molecule has 0 saturated carbocycles. The number of hydrogen-bond acceptors (Lipinski definition) is 5. The molecule has 2 heterocycles. The zero-order chi connectivity index (χ0) is 13.1. The van der Waals surface area contributed by atoms with Crippen molar-refractivity contribution >= 4 is 0 Å². The predicted molar refractivity (Wildman–Crippen MR) is 70.4 cm³/mol. The quantitative estimate of drug-likeness (QED) is 0.898. The molecule has 5 nitrogen and oxygen atoms in total. The van der Waals surface area contributed by atoms with Crippen LogP contribution in [0.25, 0.3) is 0 Å². The highest BCUT2D eigenvalue weighted by atomic mass is 16.6. The minimum Gasteiger partial charge on any atom is -0.486 e. The van der Waals surface area contributed by atoms with Crippen LogP contribution in [0.5, 0.6) is 11.5 Å². The monoisotopic (exact) mass is 257 g/mol. The van der Waals surface area contributed by atoms with E-state index in [1.807, 2.05) is 18.2 Å². The lowest BCUT2D eigenvalue weighted by Crippen LogP contribution is -2.18. The summed E-state index contributed by atoms with van der Waals surface area (Å²) in [6, 6.07) is 7.65. The summed E-state index contributed by atoms with van der Waals surface area (Å²) in [4.78, 5) is 8.55. The Morgan fingerprint density at radius 3 is 2.58 bits per heavy atom. The minimum absolute atomic E-state index is 0.0305. The molecule has 0 fully saturated rings. The number of benzene rings is 1. The van der Waals surface area contributed by atoms with Crippen LogP contribution in [0.1, 0.15) is 17.3 Å². The maximum absolute atomic E-state index is 5.86. The molecular weight excluding hydrogens is 242 g/mol. The third kappa shape index (κ3) is 2.37. The van der Waals surface area contributed by atoms with Crippen LogP contribution in [-0.4, -0.2) is 29.7 Å². The van der Waals surface area contributed by atoms with Crippen molar-refractivity contribution in [1.29, 1.82) is 0 Å². The van der Waals surface area contributed by atoms with Crippen LogP contribution < -0.4 is 15.2 Å². The van der Waals surface area contributed by atoms with Crippen LogP contribution in [0.3, 0.4) is 0 Å². The molecule has 98 valence electrons. The van der Waals surface area contributed by atoms with E-state index in [0.29, 0.717) is 19.8 Å². The van der Waals surface area contributed by atoms with Crippen molar-refractivity contribution in [2.75, 3.05) is 19.8 Å². The molecule has 1 aromatic carbocycles. The largest absolute Gasteiger partial charge is 0.486 e. The zero-order valence-corrected chi connectivity index (χ0v) is 10.5. The highest BCUT2D eigenvalue weighted by Crippen LogP contribution is 2.34. The maximum atomic E-state index is 5.86. The number of aromatic nitrogens is 2. The van der Waals surface area contributed by atoms with E-state index >= 15 is 0 Å². The van der Waals surface area contributed by atoms with E-state index < -0.39 is 0 Å². The molecule has 0 bridgehead atoms. The summed E-state index contributed by atoms with van der Waals surface area (Å²) in [6.45, 7) is 1.61. The van der Waals surface area contributed by atoms with Crippen molar-refractivity contribution in [3.63, 3.8) is 0 Å². The predicted octanol–water partition coefficient (Wildman–Crippen LogP) is 1.34. The molecule has 0 saturated heterocycles. The van der Waals surface area contributed by atoms with Crippen molar-refractivity contribution in [1.82, 2.24) is 9.97 Å². The Kier molecular flexibility index (Phi) is 3.29. The van der Waals surface area contributed by atoms with Gasteiger partial charge in [0.1, 0.15) is 19.0 Å². The topological polar surface area (TPSA) is 70.3 Å². The average molecular weight is 257 g/mol. The minimum atomic E-state index is -0.0305. The number of fused-ring (bicyclic) bond motifs is 1. The molecule has 5 heteroatoms. The molecule has 0 spiro atoms. The summed E-state index contributed by atoms with van der Waals surface area (Å²) in [7, 11) is 0. The average Bonchev–Trinajstić information content (AvgIpc) is 2.49. The van der Waals surface area contributed by atoms with Crippen LogP contribution in [0, 0.1) is 0 Å². The van der Waals surface area contributed by atoms with Gasteiger partial charge >= 0.3 is 0 Å². The lowest BCUT2D eigenvalue weighted by Gasteiger charge is -2.21. The van der Waals surface area contributed by atoms with Crippen LogP contribution in [0.2, 0.25) is 0 Å². The van der Waals surface area contributed by atoms with Crippen LogP contribution in [-0.2, 0) is 0 Å². The molecule has 1 aromatic heterocycles. The molecule has 1 atom stereocenters. The lowest BCUT2D eigenvalue weighted by atomic mass is 9.97. The second-order valence-corrected chi connectivity index (χ2v) is 4.30. The van der Waals surface area contributed by atoms with E-state index in [1.54, 1.807) is 18.5 Å². The molecule has 1 aliphatic heterocycles. The van der Waals surface area contributed by atoms with Gasteiger partial charge in [-0.1, -0.05) is 6.07 Å². The molecule has 0 aliphatic carbocycles. The third-order valence-corrected chi connectivity index (χ3v) is 3.10. The van der Waals surface area contributed by atoms with Gasteiger partial charge in [-0.2, -0.15) is 0 Å². The molecule has 1 aliphatic rings. The molecule has 0 amide bonds. The van der Waals surface area contributed by atoms with E-state index in [9.17, 15) is 0 Å². The highest BCUT2D eigenvalue weighted by Gasteiger charge is 2.19. The molecular formula is C14H15N3O2. The zero-order valence-electron chi connectivity index (χ0n) is 10.5. The first-order chi connectivity index (χ1) is 9.38. The van der Waals surface area contributed by atoms with Crippen LogP contribution in [0.15, 0.2) is 36.7 Å². The molecule has 2 aromatic rings.